The molecule has 5 nitrogen and oxygen atoms in total. The molecule has 28 heavy (non-hydrogen) atoms. The Balaban J connectivity index is 1.69. The van der Waals surface area contributed by atoms with Gasteiger partial charge in [0, 0.05) is 22.9 Å². The molecule has 1 aliphatic heterocycles. The van der Waals surface area contributed by atoms with Crippen molar-refractivity contribution in [3.63, 3.8) is 0 Å². The topological polar surface area (TPSA) is 72.5 Å². The lowest BCUT2D eigenvalue weighted by atomic mass is 10.2. The molecule has 9 heteroatoms. The molecule has 150 valence electrons. The van der Waals surface area contributed by atoms with E-state index in [9.17, 15) is 22.0 Å². The van der Waals surface area contributed by atoms with Gasteiger partial charge in [-0.3, -0.25) is 4.79 Å². The van der Waals surface area contributed by atoms with Gasteiger partial charge in [-0.2, -0.15) is 8.78 Å². The van der Waals surface area contributed by atoms with Gasteiger partial charge in [-0.05, 0) is 49.2 Å². The van der Waals surface area contributed by atoms with Gasteiger partial charge in [-0.1, -0.05) is 12.1 Å². The molecule has 3 rings (SSSR count). The third kappa shape index (κ3) is 4.89. The summed E-state index contributed by atoms with van der Waals surface area (Å²) in [6.45, 7) is 0.768. The Hall–Kier alpha value is -1.97. The zero-order valence-corrected chi connectivity index (χ0v) is 16.4. The van der Waals surface area contributed by atoms with Crippen LogP contribution in [-0.4, -0.2) is 38.5 Å². The molecule has 0 saturated carbocycles. The Morgan fingerprint density at radius 1 is 1.18 bits per heavy atom. The molecule has 1 amide bonds. The van der Waals surface area contributed by atoms with Crippen LogP contribution in [0, 0.1) is 0 Å². The van der Waals surface area contributed by atoms with Crippen LogP contribution >= 0.6 is 11.8 Å². The van der Waals surface area contributed by atoms with E-state index in [1.54, 1.807) is 23.9 Å². The van der Waals surface area contributed by atoms with E-state index in [1.165, 1.54) is 12.1 Å². The largest absolute Gasteiger partial charge is 0.377 e. The fourth-order valence-corrected chi connectivity index (χ4v) is 4.61. The van der Waals surface area contributed by atoms with Gasteiger partial charge in [0.1, 0.15) is 0 Å². The van der Waals surface area contributed by atoms with Crippen LogP contribution in [0.2, 0.25) is 0 Å². The van der Waals surface area contributed by atoms with Gasteiger partial charge in [0.25, 0.3) is 5.91 Å². The van der Waals surface area contributed by atoms with Crippen LogP contribution in [0.15, 0.2) is 58.3 Å². The van der Waals surface area contributed by atoms with Crippen molar-refractivity contribution < 1.29 is 26.7 Å². The normalized spacial score (nSPS) is 17.0. The maximum absolute atomic E-state index is 12.6. The van der Waals surface area contributed by atoms with Gasteiger partial charge in [0.15, 0.2) is 0 Å². The fourth-order valence-electron chi connectivity index (χ4n) is 2.77. The second-order valence-corrected chi connectivity index (χ2v) is 9.21. The number of hydrogen-bond acceptors (Lipinski definition) is 5. The summed E-state index contributed by atoms with van der Waals surface area (Å²) in [7, 11) is -4.66. The molecule has 1 atom stereocenters. The highest BCUT2D eigenvalue weighted by Gasteiger charge is 2.26. The van der Waals surface area contributed by atoms with Crippen molar-refractivity contribution in [2.75, 3.05) is 17.7 Å². The highest BCUT2D eigenvalue weighted by Crippen LogP contribution is 2.27. The van der Waals surface area contributed by atoms with E-state index in [-0.39, 0.29) is 12.0 Å². The minimum atomic E-state index is -4.66. The van der Waals surface area contributed by atoms with E-state index in [4.69, 9.17) is 4.74 Å². The van der Waals surface area contributed by atoms with Gasteiger partial charge < -0.3 is 10.1 Å². The van der Waals surface area contributed by atoms with Crippen molar-refractivity contribution in [2.24, 2.45) is 0 Å². The van der Waals surface area contributed by atoms with Crippen molar-refractivity contribution in [1.29, 1.82) is 0 Å². The van der Waals surface area contributed by atoms with Gasteiger partial charge in [-0.15, -0.1) is 11.8 Å². The molecule has 1 aliphatic rings. The molecule has 1 N–H and O–H groups in total. The molecule has 0 aromatic heterocycles. The minimum Gasteiger partial charge on any atom is -0.377 e. The zero-order chi connectivity index (χ0) is 20.1. The summed E-state index contributed by atoms with van der Waals surface area (Å²) in [5.41, 5.74) is 0.798. The third-order valence-corrected chi connectivity index (χ3v) is 6.86. The first-order valence-corrected chi connectivity index (χ1v) is 11.2. The van der Waals surface area contributed by atoms with E-state index in [2.05, 4.69) is 5.32 Å². The SMILES string of the molecule is O=C(Nc1ccc(S(=O)(=O)C(F)F)cc1)c1ccccc1SC[C@@H]1CCCO1. The first-order valence-electron chi connectivity index (χ1n) is 8.65. The van der Waals surface area contributed by atoms with Crippen molar-refractivity contribution >= 4 is 33.2 Å². The molecule has 0 radical (unpaired) electrons. The number of halogens is 2. The molecule has 2 aromatic rings. The van der Waals surface area contributed by atoms with Crippen LogP contribution in [0.3, 0.4) is 0 Å². The van der Waals surface area contributed by atoms with Crippen molar-refractivity contribution in [3.8, 4) is 0 Å². The summed E-state index contributed by atoms with van der Waals surface area (Å²) in [6, 6.07) is 11.8. The number of ether oxygens (including phenoxy) is 1. The average Bonchev–Trinajstić information content (AvgIpc) is 3.20. The molecule has 1 heterocycles. The number of hydrogen-bond donors (Lipinski definition) is 1. The fraction of sp³-hybridized carbons (Fsp3) is 0.316. The Labute approximate surface area is 166 Å². The van der Waals surface area contributed by atoms with E-state index in [1.807, 2.05) is 12.1 Å². The number of nitrogens with one attached hydrogen (secondary N) is 1. The van der Waals surface area contributed by atoms with Crippen molar-refractivity contribution in [3.05, 3.63) is 54.1 Å². The number of benzene rings is 2. The van der Waals surface area contributed by atoms with Crippen LogP contribution < -0.4 is 5.32 Å². The monoisotopic (exact) mass is 427 g/mol. The molecule has 1 fully saturated rings. The van der Waals surface area contributed by atoms with Gasteiger partial charge in [-0.25, -0.2) is 8.42 Å². The van der Waals surface area contributed by atoms with Gasteiger partial charge in [0.2, 0.25) is 9.84 Å². The first-order chi connectivity index (χ1) is 13.4. The zero-order valence-electron chi connectivity index (χ0n) is 14.8. The lowest BCUT2D eigenvalue weighted by Gasteiger charge is -2.12. The lowest BCUT2D eigenvalue weighted by Crippen LogP contribution is -2.15. The van der Waals surface area contributed by atoms with E-state index in [0.29, 0.717) is 11.3 Å². The second-order valence-electron chi connectivity index (χ2n) is 6.23. The number of rotatable bonds is 7. The molecule has 0 spiro atoms. The van der Waals surface area contributed by atoms with Crippen LogP contribution in [0.4, 0.5) is 14.5 Å². The van der Waals surface area contributed by atoms with Crippen LogP contribution in [0.1, 0.15) is 23.2 Å². The van der Waals surface area contributed by atoms with E-state index < -0.39 is 20.5 Å². The minimum absolute atomic E-state index is 0.186. The van der Waals surface area contributed by atoms with Crippen molar-refractivity contribution in [1.82, 2.24) is 0 Å². The molecular formula is C19H19F2NO4S2. The number of amides is 1. The number of sulfone groups is 1. The van der Waals surface area contributed by atoms with Crippen LogP contribution in [0.5, 0.6) is 0 Å². The summed E-state index contributed by atoms with van der Waals surface area (Å²) >= 11 is 1.54. The third-order valence-electron chi connectivity index (χ3n) is 4.26. The Morgan fingerprint density at radius 2 is 1.89 bits per heavy atom. The van der Waals surface area contributed by atoms with E-state index in [0.717, 1.165) is 42.2 Å². The Morgan fingerprint density at radius 3 is 2.54 bits per heavy atom. The highest BCUT2D eigenvalue weighted by molar-refractivity contribution is 7.99. The van der Waals surface area contributed by atoms with Gasteiger partial charge in [0.05, 0.1) is 16.6 Å². The first kappa shape index (κ1) is 20.8. The van der Waals surface area contributed by atoms with Crippen LogP contribution in [0.25, 0.3) is 0 Å². The predicted octanol–water partition coefficient (Wildman–Crippen LogP) is 4.21. The molecule has 0 unspecified atom stereocenters. The Bertz CT molecular complexity index is 927. The summed E-state index contributed by atoms with van der Waals surface area (Å²) in [5, 5.41) is 2.67. The maximum Gasteiger partial charge on any atom is 0.341 e. The molecule has 2 aromatic carbocycles. The summed E-state index contributed by atoms with van der Waals surface area (Å²) in [5.74, 6) is -3.09. The number of carbonyl (C=O) groups is 1. The molecule has 0 aliphatic carbocycles. The van der Waals surface area contributed by atoms with E-state index >= 15 is 0 Å². The summed E-state index contributed by atoms with van der Waals surface area (Å²) < 4.78 is 53.7. The quantitative estimate of drug-likeness (QED) is 0.671. The number of carbonyl (C=O) groups excluding carboxylic acids is 1. The smallest absolute Gasteiger partial charge is 0.341 e. The maximum atomic E-state index is 12.6. The highest BCUT2D eigenvalue weighted by atomic mass is 32.2. The van der Waals surface area contributed by atoms with Gasteiger partial charge >= 0.3 is 5.76 Å². The number of anilines is 1. The summed E-state index contributed by atoms with van der Waals surface area (Å²) in [4.78, 5) is 12.9. The average molecular weight is 427 g/mol. The lowest BCUT2D eigenvalue weighted by molar-refractivity contribution is 0.102. The standard InChI is InChI=1S/C19H19F2NO4S2/c20-19(21)28(24,25)15-9-7-13(8-10-15)22-18(23)16-5-1-2-6-17(16)27-12-14-4-3-11-26-14/h1-2,5-10,14,19H,3-4,11-12H2,(H,22,23)/t14-/m0/s1. The van der Waals surface area contributed by atoms with Crippen molar-refractivity contribution in [2.45, 2.75) is 34.5 Å². The van der Waals surface area contributed by atoms with Crippen LogP contribution in [-0.2, 0) is 14.6 Å². The molecule has 1 saturated heterocycles. The Kier molecular flexibility index (Phi) is 6.69. The summed E-state index contributed by atoms with van der Waals surface area (Å²) in [6.07, 6.45) is 2.24. The number of thioether (sulfide) groups is 1. The molecular weight excluding hydrogens is 408 g/mol. The molecule has 0 bridgehead atoms. The second kappa shape index (κ2) is 9.02. The number of alkyl halides is 2. The predicted molar refractivity (Wildman–Crippen MR) is 104 cm³/mol.